The second-order valence-corrected chi connectivity index (χ2v) is 6.50. The van der Waals surface area contributed by atoms with Crippen molar-refractivity contribution in [3.8, 4) is 0 Å². The number of H-pyrrole nitrogens is 1. The number of carbonyl (C=O) groups excluding carboxylic acids is 1. The van der Waals surface area contributed by atoms with Gasteiger partial charge in [-0.2, -0.15) is 0 Å². The molecule has 0 aromatic carbocycles. The van der Waals surface area contributed by atoms with E-state index in [-0.39, 0.29) is 11.4 Å². The largest absolute Gasteiger partial charge is 0.381 e. The lowest BCUT2D eigenvalue weighted by atomic mass is 9.85. The molecule has 1 saturated heterocycles. The van der Waals surface area contributed by atoms with Gasteiger partial charge in [0.2, 0.25) is 5.91 Å². The van der Waals surface area contributed by atoms with Gasteiger partial charge in [0.1, 0.15) is 0 Å². The maximum absolute atomic E-state index is 12.9. The average molecular weight is 314 g/mol. The highest BCUT2D eigenvalue weighted by Gasteiger charge is 2.38. The van der Waals surface area contributed by atoms with Gasteiger partial charge in [0.15, 0.2) is 0 Å². The number of hydrogen-bond acceptors (Lipinski definition) is 3. The molecule has 0 unspecified atom stereocenters. The number of fused-ring (bicyclic) bond motifs is 1. The number of aromatic nitrogens is 3. The minimum Gasteiger partial charge on any atom is -0.381 e. The van der Waals surface area contributed by atoms with Crippen molar-refractivity contribution in [2.24, 2.45) is 0 Å². The highest BCUT2D eigenvalue weighted by Crippen LogP contribution is 2.34. The maximum atomic E-state index is 12.9. The number of hydrogen-bond donors (Lipinski definition) is 1. The molecule has 2 aliphatic rings. The van der Waals surface area contributed by atoms with Gasteiger partial charge >= 0.3 is 0 Å². The summed E-state index contributed by atoms with van der Waals surface area (Å²) >= 11 is 0. The van der Waals surface area contributed by atoms with Gasteiger partial charge in [0, 0.05) is 38.6 Å². The van der Waals surface area contributed by atoms with Gasteiger partial charge < -0.3 is 19.2 Å². The molecule has 0 spiro atoms. The SMILES string of the molecule is O=C(CC1(n2cccc2)CCOCC1)N1CCc2nc[nH]c2C1. The Bertz CT molecular complexity index is 671. The topological polar surface area (TPSA) is 63.1 Å². The third-order valence-electron chi connectivity index (χ3n) is 5.18. The van der Waals surface area contributed by atoms with E-state index in [1.165, 1.54) is 0 Å². The molecule has 4 heterocycles. The van der Waals surface area contributed by atoms with Crippen molar-refractivity contribution in [1.82, 2.24) is 19.4 Å². The molecule has 4 rings (SSSR count). The van der Waals surface area contributed by atoms with Crippen molar-refractivity contribution in [3.05, 3.63) is 42.2 Å². The summed E-state index contributed by atoms with van der Waals surface area (Å²) in [7, 11) is 0. The predicted octanol–water partition coefficient (Wildman–Crippen LogP) is 1.69. The fourth-order valence-electron chi connectivity index (χ4n) is 3.75. The number of nitrogens with zero attached hydrogens (tertiary/aromatic N) is 3. The highest BCUT2D eigenvalue weighted by molar-refractivity contribution is 5.77. The zero-order valence-corrected chi connectivity index (χ0v) is 13.2. The average Bonchev–Trinajstić information content (AvgIpc) is 3.26. The van der Waals surface area contributed by atoms with Crippen LogP contribution in [-0.2, 0) is 28.0 Å². The van der Waals surface area contributed by atoms with Crippen LogP contribution in [0.1, 0.15) is 30.7 Å². The normalized spacial score (nSPS) is 20.3. The number of rotatable bonds is 3. The number of imidazole rings is 1. The molecule has 2 aliphatic heterocycles. The molecule has 122 valence electrons. The molecule has 2 aromatic heterocycles. The van der Waals surface area contributed by atoms with Crippen LogP contribution in [-0.4, -0.2) is 45.1 Å². The van der Waals surface area contributed by atoms with E-state index < -0.39 is 0 Å². The van der Waals surface area contributed by atoms with Crippen molar-refractivity contribution in [2.75, 3.05) is 19.8 Å². The lowest BCUT2D eigenvalue weighted by Gasteiger charge is -2.40. The Kier molecular flexibility index (Phi) is 3.69. The summed E-state index contributed by atoms with van der Waals surface area (Å²) in [5, 5.41) is 0. The molecule has 1 fully saturated rings. The molecule has 0 atom stereocenters. The number of aromatic amines is 1. The zero-order valence-electron chi connectivity index (χ0n) is 13.2. The number of ether oxygens (including phenoxy) is 1. The van der Waals surface area contributed by atoms with Crippen LogP contribution >= 0.6 is 0 Å². The van der Waals surface area contributed by atoms with Gasteiger partial charge in [-0.25, -0.2) is 4.98 Å². The fraction of sp³-hybridized carbons (Fsp3) is 0.529. The van der Waals surface area contributed by atoms with Crippen LogP contribution in [0.5, 0.6) is 0 Å². The minimum atomic E-state index is -0.146. The summed E-state index contributed by atoms with van der Waals surface area (Å²) in [6, 6.07) is 4.05. The van der Waals surface area contributed by atoms with Crippen LogP contribution in [0.2, 0.25) is 0 Å². The summed E-state index contributed by atoms with van der Waals surface area (Å²) < 4.78 is 7.74. The molecule has 0 aliphatic carbocycles. The van der Waals surface area contributed by atoms with Gasteiger partial charge in [-0.05, 0) is 25.0 Å². The summed E-state index contributed by atoms with van der Waals surface area (Å²) in [6.07, 6.45) is 9.01. The molecule has 0 bridgehead atoms. The number of amides is 1. The van der Waals surface area contributed by atoms with Crippen molar-refractivity contribution in [1.29, 1.82) is 0 Å². The van der Waals surface area contributed by atoms with E-state index in [0.717, 1.165) is 50.4 Å². The van der Waals surface area contributed by atoms with E-state index >= 15 is 0 Å². The van der Waals surface area contributed by atoms with Crippen LogP contribution in [0.3, 0.4) is 0 Å². The van der Waals surface area contributed by atoms with E-state index in [2.05, 4.69) is 26.9 Å². The Morgan fingerprint density at radius 1 is 1.30 bits per heavy atom. The zero-order chi connectivity index (χ0) is 15.7. The monoisotopic (exact) mass is 314 g/mol. The van der Waals surface area contributed by atoms with E-state index in [0.29, 0.717) is 13.0 Å². The fourth-order valence-corrected chi connectivity index (χ4v) is 3.75. The molecular formula is C17H22N4O2. The molecule has 6 nitrogen and oxygen atoms in total. The quantitative estimate of drug-likeness (QED) is 0.938. The summed E-state index contributed by atoms with van der Waals surface area (Å²) in [6.45, 7) is 2.84. The lowest BCUT2D eigenvalue weighted by molar-refractivity contribution is -0.136. The van der Waals surface area contributed by atoms with Crippen molar-refractivity contribution in [3.63, 3.8) is 0 Å². The van der Waals surface area contributed by atoms with Crippen molar-refractivity contribution >= 4 is 5.91 Å². The van der Waals surface area contributed by atoms with Gasteiger partial charge in [-0.15, -0.1) is 0 Å². The van der Waals surface area contributed by atoms with Crippen molar-refractivity contribution < 1.29 is 9.53 Å². The standard InChI is InChI=1S/C17H22N4O2/c22-16(20-8-3-14-15(12-20)19-13-18-14)11-17(4-9-23-10-5-17)21-6-1-2-7-21/h1-2,6-7,13H,3-5,8-12H2,(H,18,19). The molecule has 1 amide bonds. The molecule has 6 heteroatoms. The molecule has 0 radical (unpaired) electrons. The Labute approximate surface area is 135 Å². The molecule has 2 aromatic rings. The smallest absolute Gasteiger partial charge is 0.225 e. The summed E-state index contributed by atoms with van der Waals surface area (Å²) in [5.74, 6) is 0.223. The van der Waals surface area contributed by atoms with Gasteiger partial charge in [0.25, 0.3) is 0 Å². The number of nitrogens with one attached hydrogen (secondary N) is 1. The van der Waals surface area contributed by atoms with Gasteiger partial charge in [0.05, 0.1) is 36.2 Å². The lowest BCUT2D eigenvalue weighted by Crippen LogP contribution is -2.45. The maximum Gasteiger partial charge on any atom is 0.225 e. The van der Waals surface area contributed by atoms with Crippen LogP contribution in [0, 0.1) is 0 Å². The van der Waals surface area contributed by atoms with E-state index in [1.54, 1.807) is 6.33 Å². The van der Waals surface area contributed by atoms with E-state index in [1.807, 2.05) is 17.0 Å². The highest BCUT2D eigenvalue weighted by atomic mass is 16.5. The predicted molar refractivity (Wildman–Crippen MR) is 84.8 cm³/mol. The Balaban J connectivity index is 1.52. The van der Waals surface area contributed by atoms with Crippen molar-refractivity contribution in [2.45, 2.75) is 37.8 Å². The Morgan fingerprint density at radius 2 is 2.09 bits per heavy atom. The molecular weight excluding hydrogens is 292 g/mol. The van der Waals surface area contributed by atoms with Crippen LogP contribution in [0.15, 0.2) is 30.9 Å². The van der Waals surface area contributed by atoms with E-state index in [9.17, 15) is 4.79 Å². The van der Waals surface area contributed by atoms with E-state index in [4.69, 9.17) is 4.74 Å². The Hall–Kier alpha value is -2.08. The first-order valence-electron chi connectivity index (χ1n) is 8.27. The third kappa shape index (κ3) is 2.67. The van der Waals surface area contributed by atoms with Gasteiger partial charge in [-0.3, -0.25) is 4.79 Å². The summed E-state index contributed by atoms with van der Waals surface area (Å²) in [5.41, 5.74) is 2.03. The van der Waals surface area contributed by atoms with Crippen LogP contribution < -0.4 is 0 Å². The molecule has 23 heavy (non-hydrogen) atoms. The second kappa shape index (κ2) is 5.85. The molecule has 1 N–H and O–H groups in total. The first kappa shape index (κ1) is 14.5. The van der Waals surface area contributed by atoms with Crippen LogP contribution in [0.25, 0.3) is 0 Å². The summed E-state index contributed by atoms with van der Waals surface area (Å²) in [4.78, 5) is 22.4. The third-order valence-corrected chi connectivity index (χ3v) is 5.18. The van der Waals surface area contributed by atoms with Gasteiger partial charge in [-0.1, -0.05) is 0 Å². The first-order chi connectivity index (χ1) is 11.3. The Morgan fingerprint density at radius 3 is 2.87 bits per heavy atom. The van der Waals surface area contributed by atoms with Crippen LogP contribution in [0.4, 0.5) is 0 Å². The minimum absolute atomic E-state index is 0.146. The molecule has 0 saturated carbocycles. The first-order valence-corrected chi connectivity index (χ1v) is 8.27. The second-order valence-electron chi connectivity index (χ2n) is 6.50. The number of carbonyl (C=O) groups is 1.